The Morgan fingerprint density at radius 3 is 2.16 bits per heavy atom. The summed E-state index contributed by atoms with van der Waals surface area (Å²) in [5, 5.41) is 0. The predicted molar refractivity (Wildman–Crippen MR) is 72.9 cm³/mol. The highest BCUT2D eigenvalue weighted by Crippen LogP contribution is 2.21. The predicted octanol–water partition coefficient (Wildman–Crippen LogP) is 3.64. The SMILES string of the molecule is NCC(CCc1cc(F)cc(F)c1)c1ccccc1. The summed E-state index contributed by atoms with van der Waals surface area (Å²) >= 11 is 0. The molecular weight excluding hydrogens is 244 g/mol. The molecule has 2 aromatic rings. The molecular formula is C16H17F2N. The van der Waals surface area contributed by atoms with Crippen LogP contribution in [0.25, 0.3) is 0 Å². The lowest BCUT2D eigenvalue weighted by Crippen LogP contribution is -2.13. The van der Waals surface area contributed by atoms with Gasteiger partial charge in [-0.2, -0.15) is 0 Å². The van der Waals surface area contributed by atoms with Crippen LogP contribution in [0.15, 0.2) is 48.5 Å². The molecule has 2 N–H and O–H groups in total. The first-order valence-corrected chi connectivity index (χ1v) is 6.39. The third kappa shape index (κ3) is 3.86. The van der Waals surface area contributed by atoms with Gasteiger partial charge < -0.3 is 5.73 Å². The van der Waals surface area contributed by atoms with Crippen molar-refractivity contribution in [2.75, 3.05) is 6.54 Å². The van der Waals surface area contributed by atoms with Gasteiger partial charge in [-0.1, -0.05) is 30.3 Å². The maximum atomic E-state index is 13.1. The zero-order valence-electron chi connectivity index (χ0n) is 10.7. The molecule has 1 atom stereocenters. The van der Waals surface area contributed by atoms with Gasteiger partial charge in [0.05, 0.1) is 0 Å². The van der Waals surface area contributed by atoms with Crippen molar-refractivity contribution >= 4 is 0 Å². The first kappa shape index (κ1) is 13.7. The average Bonchev–Trinajstić information content (AvgIpc) is 2.39. The largest absolute Gasteiger partial charge is 0.330 e. The van der Waals surface area contributed by atoms with E-state index in [2.05, 4.69) is 0 Å². The van der Waals surface area contributed by atoms with Crippen LogP contribution in [-0.4, -0.2) is 6.54 Å². The summed E-state index contributed by atoms with van der Waals surface area (Å²) in [4.78, 5) is 0. The number of halogens is 2. The van der Waals surface area contributed by atoms with Gasteiger partial charge in [0.15, 0.2) is 0 Å². The molecule has 0 amide bonds. The van der Waals surface area contributed by atoms with E-state index in [1.165, 1.54) is 17.7 Å². The van der Waals surface area contributed by atoms with E-state index in [4.69, 9.17) is 5.73 Å². The number of rotatable bonds is 5. The molecule has 0 aromatic heterocycles. The number of aryl methyl sites for hydroxylation is 1. The Hall–Kier alpha value is -1.74. The van der Waals surface area contributed by atoms with Gasteiger partial charge in [-0.3, -0.25) is 0 Å². The molecule has 0 spiro atoms. The first-order chi connectivity index (χ1) is 9.19. The zero-order valence-corrected chi connectivity index (χ0v) is 10.7. The van der Waals surface area contributed by atoms with Crippen molar-refractivity contribution in [2.24, 2.45) is 5.73 Å². The number of nitrogens with two attached hydrogens (primary N) is 1. The van der Waals surface area contributed by atoms with Gasteiger partial charge in [0, 0.05) is 6.07 Å². The van der Waals surface area contributed by atoms with Crippen molar-refractivity contribution in [3.05, 3.63) is 71.3 Å². The first-order valence-electron chi connectivity index (χ1n) is 6.39. The zero-order chi connectivity index (χ0) is 13.7. The maximum Gasteiger partial charge on any atom is 0.126 e. The van der Waals surface area contributed by atoms with E-state index >= 15 is 0 Å². The molecule has 2 rings (SSSR count). The van der Waals surface area contributed by atoms with Gasteiger partial charge in [-0.25, -0.2) is 8.78 Å². The van der Waals surface area contributed by atoms with Crippen LogP contribution in [0, 0.1) is 11.6 Å². The van der Waals surface area contributed by atoms with E-state index in [1.807, 2.05) is 30.3 Å². The lowest BCUT2D eigenvalue weighted by Gasteiger charge is -2.15. The molecule has 100 valence electrons. The molecule has 1 unspecified atom stereocenters. The van der Waals surface area contributed by atoms with Gasteiger partial charge >= 0.3 is 0 Å². The Kier molecular flexibility index (Phi) is 4.63. The molecule has 3 heteroatoms. The highest BCUT2D eigenvalue weighted by Gasteiger charge is 2.10. The summed E-state index contributed by atoms with van der Waals surface area (Å²) < 4.78 is 26.2. The Labute approximate surface area is 112 Å². The normalized spacial score (nSPS) is 12.4. The summed E-state index contributed by atoms with van der Waals surface area (Å²) in [6, 6.07) is 13.6. The van der Waals surface area contributed by atoms with Crippen molar-refractivity contribution in [3.8, 4) is 0 Å². The fraction of sp³-hybridized carbons (Fsp3) is 0.250. The molecule has 0 saturated carbocycles. The summed E-state index contributed by atoms with van der Waals surface area (Å²) in [6.45, 7) is 0.530. The average molecular weight is 261 g/mol. The van der Waals surface area contributed by atoms with Crippen LogP contribution in [0.5, 0.6) is 0 Å². The van der Waals surface area contributed by atoms with Crippen molar-refractivity contribution in [2.45, 2.75) is 18.8 Å². The number of hydrogen-bond acceptors (Lipinski definition) is 1. The summed E-state index contributed by atoms with van der Waals surface area (Å²) in [7, 11) is 0. The summed E-state index contributed by atoms with van der Waals surface area (Å²) in [5.74, 6) is -0.842. The van der Waals surface area contributed by atoms with Gasteiger partial charge in [0.25, 0.3) is 0 Å². The van der Waals surface area contributed by atoms with E-state index in [-0.39, 0.29) is 5.92 Å². The molecule has 2 aromatic carbocycles. The van der Waals surface area contributed by atoms with Crippen LogP contribution in [0.4, 0.5) is 8.78 Å². The third-order valence-electron chi connectivity index (χ3n) is 3.26. The fourth-order valence-corrected chi connectivity index (χ4v) is 2.24. The second kappa shape index (κ2) is 6.43. The summed E-state index contributed by atoms with van der Waals surface area (Å²) in [6.07, 6.45) is 1.40. The molecule has 0 saturated heterocycles. The van der Waals surface area contributed by atoms with Crippen molar-refractivity contribution in [3.63, 3.8) is 0 Å². The maximum absolute atomic E-state index is 13.1. The van der Waals surface area contributed by atoms with E-state index in [0.717, 1.165) is 12.5 Å². The van der Waals surface area contributed by atoms with Crippen molar-refractivity contribution in [1.29, 1.82) is 0 Å². The Morgan fingerprint density at radius 2 is 1.58 bits per heavy atom. The Bertz CT molecular complexity index is 505. The Balaban J connectivity index is 2.04. The topological polar surface area (TPSA) is 26.0 Å². The molecule has 19 heavy (non-hydrogen) atoms. The van der Waals surface area contributed by atoms with E-state index in [0.29, 0.717) is 18.5 Å². The lowest BCUT2D eigenvalue weighted by molar-refractivity contribution is 0.574. The number of benzene rings is 2. The van der Waals surface area contributed by atoms with E-state index in [9.17, 15) is 8.78 Å². The van der Waals surface area contributed by atoms with Crippen LogP contribution >= 0.6 is 0 Å². The van der Waals surface area contributed by atoms with Gasteiger partial charge in [-0.05, 0) is 48.6 Å². The second-order valence-corrected chi connectivity index (χ2v) is 4.66. The van der Waals surface area contributed by atoms with Gasteiger partial charge in [0.2, 0.25) is 0 Å². The van der Waals surface area contributed by atoms with Gasteiger partial charge in [0.1, 0.15) is 11.6 Å². The third-order valence-corrected chi connectivity index (χ3v) is 3.26. The second-order valence-electron chi connectivity index (χ2n) is 4.66. The lowest BCUT2D eigenvalue weighted by atomic mass is 9.92. The quantitative estimate of drug-likeness (QED) is 0.873. The van der Waals surface area contributed by atoms with Crippen molar-refractivity contribution in [1.82, 2.24) is 0 Å². The molecule has 0 aliphatic carbocycles. The van der Waals surface area contributed by atoms with Crippen LogP contribution in [-0.2, 0) is 6.42 Å². The molecule has 0 bridgehead atoms. The van der Waals surface area contributed by atoms with Crippen LogP contribution < -0.4 is 5.73 Å². The molecule has 0 aliphatic heterocycles. The fourth-order valence-electron chi connectivity index (χ4n) is 2.24. The Morgan fingerprint density at radius 1 is 0.947 bits per heavy atom. The number of hydrogen-bond donors (Lipinski definition) is 1. The molecule has 0 aliphatic rings. The van der Waals surface area contributed by atoms with E-state index in [1.54, 1.807) is 0 Å². The smallest absolute Gasteiger partial charge is 0.126 e. The standard InChI is InChI=1S/C16H17F2N/c17-15-8-12(9-16(18)10-15)6-7-14(11-19)13-4-2-1-3-5-13/h1-5,8-10,14H,6-7,11,19H2. The van der Waals surface area contributed by atoms with E-state index < -0.39 is 11.6 Å². The molecule has 1 nitrogen and oxygen atoms in total. The van der Waals surface area contributed by atoms with Crippen LogP contribution in [0.3, 0.4) is 0 Å². The highest BCUT2D eigenvalue weighted by molar-refractivity contribution is 5.22. The molecule has 0 heterocycles. The van der Waals surface area contributed by atoms with Gasteiger partial charge in [-0.15, -0.1) is 0 Å². The molecule has 0 fully saturated rings. The molecule has 0 radical (unpaired) electrons. The van der Waals surface area contributed by atoms with Crippen molar-refractivity contribution < 1.29 is 8.78 Å². The summed E-state index contributed by atoms with van der Waals surface area (Å²) in [5.41, 5.74) is 7.62. The minimum atomic E-state index is -0.529. The van der Waals surface area contributed by atoms with Crippen LogP contribution in [0.2, 0.25) is 0 Å². The minimum absolute atomic E-state index is 0.215. The van der Waals surface area contributed by atoms with Crippen LogP contribution in [0.1, 0.15) is 23.5 Å². The monoisotopic (exact) mass is 261 g/mol. The minimum Gasteiger partial charge on any atom is -0.330 e. The highest BCUT2D eigenvalue weighted by atomic mass is 19.1.